The molecule has 0 aliphatic carbocycles. The van der Waals surface area contributed by atoms with Gasteiger partial charge >= 0.3 is 0 Å². The molecule has 2 nitrogen and oxygen atoms in total. The van der Waals surface area contributed by atoms with Crippen molar-refractivity contribution < 1.29 is 5.11 Å². The molecular formula is C16H24ClNO. The van der Waals surface area contributed by atoms with Crippen LogP contribution in [0.2, 0.25) is 5.02 Å². The van der Waals surface area contributed by atoms with E-state index in [0.29, 0.717) is 10.8 Å². The van der Waals surface area contributed by atoms with Crippen LogP contribution in [0.25, 0.3) is 0 Å². The molecule has 0 bridgehead atoms. The van der Waals surface area contributed by atoms with Crippen LogP contribution >= 0.6 is 11.6 Å². The Morgan fingerprint density at radius 2 is 1.84 bits per heavy atom. The minimum absolute atomic E-state index is 0.229. The van der Waals surface area contributed by atoms with Gasteiger partial charge in [0.1, 0.15) is 5.75 Å². The standard InChI is InChI=1S/C16H24ClNO/c1-11(2)13-6-8-18(9-7-13)12(3)15-10-14(17)4-5-16(15)19/h4-5,10-13,19H,6-9H2,1-3H3. The average molecular weight is 282 g/mol. The van der Waals surface area contributed by atoms with E-state index in [0.717, 1.165) is 30.5 Å². The molecule has 1 atom stereocenters. The molecule has 1 fully saturated rings. The van der Waals surface area contributed by atoms with Gasteiger partial charge in [0.05, 0.1) is 0 Å². The van der Waals surface area contributed by atoms with Crippen molar-refractivity contribution in [2.45, 2.75) is 39.7 Å². The van der Waals surface area contributed by atoms with Crippen LogP contribution in [0.5, 0.6) is 5.75 Å². The normalized spacial score (nSPS) is 19.8. The van der Waals surface area contributed by atoms with Gasteiger partial charge in [-0.05, 0) is 62.9 Å². The minimum atomic E-state index is 0.229. The lowest BCUT2D eigenvalue weighted by atomic mass is 9.86. The summed E-state index contributed by atoms with van der Waals surface area (Å²) in [4.78, 5) is 2.45. The number of halogens is 1. The summed E-state index contributed by atoms with van der Waals surface area (Å²) in [6.07, 6.45) is 2.51. The molecule has 1 N–H and O–H groups in total. The van der Waals surface area contributed by atoms with E-state index >= 15 is 0 Å². The summed E-state index contributed by atoms with van der Waals surface area (Å²) >= 11 is 6.03. The van der Waals surface area contributed by atoms with Gasteiger partial charge in [-0.25, -0.2) is 0 Å². The van der Waals surface area contributed by atoms with Crippen molar-refractivity contribution in [1.82, 2.24) is 4.90 Å². The first-order chi connectivity index (χ1) is 8.99. The van der Waals surface area contributed by atoms with E-state index in [1.165, 1.54) is 12.8 Å². The van der Waals surface area contributed by atoms with Crippen LogP contribution in [0.3, 0.4) is 0 Å². The van der Waals surface area contributed by atoms with Gasteiger partial charge in [-0.1, -0.05) is 25.4 Å². The average Bonchev–Trinajstić information content (AvgIpc) is 2.41. The molecule has 2 rings (SSSR count). The predicted molar refractivity (Wildman–Crippen MR) is 80.7 cm³/mol. The van der Waals surface area contributed by atoms with Crippen LogP contribution in [-0.4, -0.2) is 23.1 Å². The Morgan fingerprint density at radius 1 is 1.21 bits per heavy atom. The molecule has 3 heteroatoms. The van der Waals surface area contributed by atoms with Gasteiger partial charge in [-0.2, -0.15) is 0 Å². The second-order valence-corrected chi connectivity index (χ2v) is 6.43. The first-order valence-electron chi connectivity index (χ1n) is 7.21. The highest BCUT2D eigenvalue weighted by atomic mass is 35.5. The molecule has 0 amide bonds. The van der Waals surface area contributed by atoms with Crippen LogP contribution in [0.4, 0.5) is 0 Å². The molecule has 1 aliphatic heterocycles. The van der Waals surface area contributed by atoms with Crippen molar-refractivity contribution in [3.63, 3.8) is 0 Å². The number of aromatic hydroxyl groups is 1. The summed E-state index contributed by atoms with van der Waals surface area (Å²) in [5, 5.41) is 10.7. The highest BCUT2D eigenvalue weighted by Gasteiger charge is 2.26. The van der Waals surface area contributed by atoms with Gasteiger partial charge in [0, 0.05) is 16.6 Å². The van der Waals surface area contributed by atoms with Gasteiger partial charge in [-0.15, -0.1) is 0 Å². The maximum atomic E-state index is 9.99. The maximum Gasteiger partial charge on any atom is 0.120 e. The summed E-state index contributed by atoms with van der Waals surface area (Å²) in [5.41, 5.74) is 0.940. The highest BCUT2D eigenvalue weighted by Crippen LogP contribution is 2.34. The smallest absolute Gasteiger partial charge is 0.120 e. The molecule has 0 saturated carbocycles. The van der Waals surface area contributed by atoms with Crippen LogP contribution in [0.1, 0.15) is 45.2 Å². The van der Waals surface area contributed by atoms with Crippen LogP contribution in [0.15, 0.2) is 18.2 Å². The Bertz CT molecular complexity index is 425. The number of likely N-dealkylation sites (tertiary alicyclic amines) is 1. The Morgan fingerprint density at radius 3 is 2.42 bits per heavy atom. The highest BCUT2D eigenvalue weighted by molar-refractivity contribution is 6.30. The third-order valence-corrected chi connectivity index (χ3v) is 4.74. The van der Waals surface area contributed by atoms with Gasteiger partial charge in [0.15, 0.2) is 0 Å². The summed E-state index contributed by atoms with van der Waals surface area (Å²) in [6, 6.07) is 5.54. The number of nitrogens with zero attached hydrogens (tertiary/aromatic N) is 1. The van der Waals surface area contributed by atoms with Crippen molar-refractivity contribution in [1.29, 1.82) is 0 Å². The van der Waals surface area contributed by atoms with Gasteiger partial charge in [0.2, 0.25) is 0 Å². The maximum absolute atomic E-state index is 9.99. The lowest BCUT2D eigenvalue weighted by molar-refractivity contribution is 0.121. The fourth-order valence-electron chi connectivity index (χ4n) is 3.03. The lowest BCUT2D eigenvalue weighted by Crippen LogP contribution is -2.37. The van der Waals surface area contributed by atoms with Crippen molar-refractivity contribution in [3.05, 3.63) is 28.8 Å². The molecular weight excluding hydrogens is 258 g/mol. The summed E-state index contributed by atoms with van der Waals surface area (Å²) in [7, 11) is 0. The van der Waals surface area contributed by atoms with E-state index < -0.39 is 0 Å². The molecule has 1 aliphatic rings. The van der Waals surface area contributed by atoms with Gasteiger partial charge in [-0.3, -0.25) is 4.90 Å². The molecule has 0 aromatic heterocycles. The SMILES string of the molecule is CC(C)C1CCN(C(C)c2cc(Cl)ccc2O)CC1. The number of benzene rings is 1. The number of phenolic OH excluding ortho intramolecular Hbond substituents is 1. The number of hydrogen-bond acceptors (Lipinski definition) is 2. The Hall–Kier alpha value is -0.730. The van der Waals surface area contributed by atoms with E-state index in [1.54, 1.807) is 12.1 Å². The van der Waals surface area contributed by atoms with Gasteiger partial charge < -0.3 is 5.11 Å². The molecule has 0 radical (unpaired) electrons. The zero-order chi connectivity index (χ0) is 14.0. The quantitative estimate of drug-likeness (QED) is 0.883. The lowest BCUT2D eigenvalue weighted by Gasteiger charge is -2.37. The third-order valence-electron chi connectivity index (χ3n) is 4.50. The first-order valence-corrected chi connectivity index (χ1v) is 7.59. The molecule has 1 heterocycles. The summed E-state index contributed by atoms with van der Waals surface area (Å²) in [5.74, 6) is 1.97. The van der Waals surface area contributed by atoms with E-state index in [1.807, 2.05) is 6.07 Å². The van der Waals surface area contributed by atoms with E-state index in [-0.39, 0.29) is 6.04 Å². The van der Waals surface area contributed by atoms with E-state index in [9.17, 15) is 5.11 Å². The molecule has 106 valence electrons. The molecule has 1 aromatic carbocycles. The van der Waals surface area contributed by atoms with Crippen molar-refractivity contribution in [2.24, 2.45) is 11.8 Å². The number of piperidine rings is 1. The fraction of sp³-hybridized carbons (Fsp3) is 0.625. The van der Waals surface area contributed by atoms with E-state index in [2.05, 4.69) is 25.7 Å². The molecule has 1 unspecified atom stereocenters. The van der Waals surface area contributed by atoms with Crippen LogP contribution < -0.4 is 0 Å². The monoisotopic (exact) mass is 281 g/mol. The number of hydrogen-bond donors (Lipinski definition) is 1. The fourth-order valence-corrected chi connectivity index (χ4v) is 3.21. The van der Waals surface area contributed by atoms with Crippen molar-refractivity contribution >= 4 is 11.6 Å². The Balaban J connectivity index is 2.05. The molecule has 1 aromatic rings. The second-order valence-electron chi connectivity index (χ2n) is 6.00. The number of phenols is 1. The molecule has 1 saturated heterocycles. The van der Waals surface area contributed by atoms with Crippen molar-refractivity contribution in [3.8, 4) is 5.75 Å². The minimum Gasteiger partial charge on any atom is -0.508 e. The largest absolute Gasteiger partial charge is 0.508 e. The summed E-state index contributed by atoms with van der Waals surface area (Å²) < 4.78 is 0. The third kappa shape index (κ3) is 3.43. The second kappa shape index (κ2) is 6.15. The topological polar surface area (TPSA) is 23.5 Å². The molecule has 19 heavy (non-hydrogen) atoms. The Labute approximate surface area is 121 Å². The zero-order valence-corrected chi connectivity index (χ0v) is 12.8. The zero-order valence-electron chi connectivity index (χ0n) is 12.1. The summed E-state index contributed by atoms with van der Waals surface area (Å²) in [6.45, 7) is 8.99. The Kier molecular flexibility index (Phi) is 4.75. The number of rotatable bonds is 3. The molecule has 0 spiro atoms. The first kappa shape index (κ1) is 14.7. The van der Waals surface area contributed by atoms with Gasteiger partial charge in [0.25, 0.3) is 0 Å². The van der Waals surface area contributed by atoms with Crippen LogP contribution in [0, 0.1) is 11.8 Å². The van der Waals surface area contributed by atoms with E-state index in [4.69, 9.17) is 11.6 Å². The van der Waals surface area contributed by atoms with Crippen LogP contribution in [-0.2, 0) is 0 Å². The van der Waals surface area contributed by atoms with Crippen molar-refractivity contribution in [2.75, 3.05) is 13.1 Å². The predicted octanol–water partition coefficient (Wildman–Crippen LogP) is 4.47.